The van der Waals surface area contributed by atoms with E-state index in [1.807, 2.05) is 24.3 Å². The number of halogens is 2. The molecule has 0 radical (unpaired) electrons. The Bertz CT molecular complexity index is 1090. The number of hydrogen-bond acceptors (Lipinski definition) is 5. The number of benzene rings is 1. The average Bonchev–Trinajstić information content (AvgIpc) is 2.83. The van der Waals surface area contributed by atoms with Gasteiger partial charge in [-0.15, -0.1) is 0 Å². The van der Waals surface area contributed by atoms with Crippen LogP contribution in [-0.4, -0.2) is 35.9 Å². The van der Waals surface area contributed by atoms with Crippen molar-refractivity contribution in [2.75, 3.05) is 18.5 Å². The molecule has 2 N–H and O–H groups in total. The molecule has 1 aliphatic carbocycles. The predicted molar refractivity (Wildman–Crippen MR) is 134 cm³/mol. The molecule has 1 amide bonds. The Morgan fingerprint density at radius 1 is 1.15 bits per heavy atom. The summed E-state index contributed by atoms with van der Waals surface area (Å²) in [4.78, 5) is 29.4. The molecule has 1 saturated heterocycles. The van der Waals surface area contributed by atoms with Crippen molar-refractivity contribution in [1.82, 2.24) is 10.3 Å². The van der Waals surface area contributed by atoms with Gasteiger partial charge in [-0.25, -0.2) is 0 Å². The van der Waals surface area contributed by atoms with Crippen LogP contribution < -0.4 is 10.6 Å². The third-order valence-corrected chi connectivity index (χ3v) is 7.13. The third-order valence-electron chi connectivity index (χ3n) is 6.56. The van der Waals surface area contributed by atoms with E-state index >= 15 is 0 Å². The van der Waals surface area contributed by atoms with E-state index < -0.39 is 0 Å². The summed E-state index contributed by atoms with van der Waals surface area (Å²) >= 11 is 12.2. The highest BCUT2D eigenvalue weighted by Crippen LogP contribution is 2.50. The molecule has 1 aromatic heterocycles. The minimum absolute atomic E-state index is 0.157. The number of pyridine rings is 1. The molecule has 34 heavy (non-hydrogen) atoms. The number of nitrogens with zero attached hydrogens (tertiary/aromatic N) is 1. The van der Waals surface area contributed by atoms with Crippen LogP contribution in [0.25, 0.3) is 0 Å². The van der Waals surface area contributed by atoms with Crippen molar-refractivity contribution in [2.24, 2.45) is 5.41 Å². The highest BCUT2D eigenvalue weighted by atomic mass is 35.5. The molecule has 0 saturated carbocycles. The summed E-state index contributed by atoms with van der Waals surface area (Å²) in [6.45, 7) is 5.50. The summed E-state index contributed by atoms with van der Waals surface area (Å²) in [5, 5.41) is 6.90. The number of ether oxygens (including phenoxy) is 1. The van der Waals surface area contributed by atoms with E-state index in [9.17, 15) is 9.59 Å². The van der Waals surface area contributed by atoms with E-state index in [0.29, 0.717) is 24.7 Å². The quantitative estimate of drug-likeness (QED) is 0.492. The van der Waals surface area contributed by atoms with Crippen molar-refractivity contribution in [1.29, 1.82) is 0 Å². The van der Waals surface area contributed by atoms with Crippen LogP contribution in [0, 0.1) is 5.41 Å². The van der Waals surface area contributed by atoms with Crippen molar-refractivity contribution in [3.63, 3.8) is 0 Å². The van der Waals surface area contributed by atoms with Gasteiger partial charge in [0.1, 0.15) is 0 Å². The largest absolute Gasteiger partial charge is 0.384 e. The number of Topliss-reactive ketones (excluding diaryl/α,β-unsaturated/α-hetero) is 1. The first kappa shape index (κ1) is 24.7. The van der Waals surface area contributed by atoms with E-state index in [2.05, 4.69) is 29.5 Å². The smallest absolute Gasteiger partial charge is 0.258 e. The molecular weight excluding hydrogens is 473 g/mol. The van der Waals surface area contributed by atoms with Crippen LogP contribution in [0.1, 0.15) is 55.5 Å². The Morgan fingerprint density at radius 2 is 1.79 bits per heavy atom. The molecule has 4 rings (SSSR count). The number of nitrogens with one attached hydrogen (secondary N) is 2. The summed E-state index contributed by atoms with van der Waals surface area (Å²) in [6.07, 6.45) is 6.86. The lowest BCUT2D eigenvalue weighted by Gasteiger charge is -2.47. The first-order valence-electron chi connectivity index (χ1n) is 11.7. The Balaban J connectivity index is 1.40. The van der Waals surface area contributed by atoms with Crippen LogP contribution >= 0.6 is 23.2 Å². The Morgan fingerprint density at radius 3 is 2.41 bits per heavy atom. The first-order chi connectivity index (χ1) is 16.4. The predicted octanol–water partition coefficient (Wildman–Crippen LogP) is 5.60. The van der Waals surface area contributed by atoms with Crippen molar-refractivity contribution >= 4 is 40.6 Å². The summed E-state index contributed by atoms with van der Waals surface area (Å²) < 4.78 is 5.52. The maximum atomic E-state index is 12.9. The van der Waals surface area contributed by atoms with E-state index in [1.54, 1.807) is 0 Å². The van der Waals surface area contributed by atoms with Crippen LogP contribution in [0.5, 0.6) is 0 Å². The lowest BCUT2D eigenvalue weighted by atomic mass is 9.61. The molecule has 0 unspecified atom stereocenters. The van der Waals surface area contributed by atoms with Gasteiger partial charge in [-0.05, 0) is 50.3 Å². The van der Waals surface area contributed by atoms with Gasteiger partial charge in [-0.1, -0.05) is 48.7 Å². The lowest BCUT2D eigenvalue weighted by Crippen LogP contribution is -2.54. The lowest BCUT2D eigenvalue weighted by molar-refractivity contribution is -0.132. The number of rotatable bonds is 8. The molecule has 1 aromatic carbocycles. The summed E-state index contributed by atoms with van der Waals surface area (Å²) in [7, 11) is 0. The number of aromatic nitrogens is 1. The number of carbonyl (C=O) groups is 2. The monoisotopic (exact) mass is 501 g/mol. The first-order valence-corrected chi connectivity index (χ1v) is 12.4. The zero-order valence-electron chi connectivity index (χ0n) is 19.4. The number of amides is 1. The number of anilines is 1. The van der Waals surface area contributed by atoms with Crippen LogP contribution in [-0.2, 0) is 16.0 Å². The minimum atomic E-state index is -0.382. The zero-order valence-corrected chi connectivity index (χ0v) is 20.9. The van der Waals surface area contributed by atoms with Gasteiger partial charge in [0.2, 0.25) is 0 Å². The molecule has 180 valence electrons. The molecule has 6 nitrogen and oxygen atoms in total. The Hall–Kier alpha value is -2.41. The van der Waals surface area contributed by atoms with Gasteiger partial charge in [0.05, 0.1) is 21.0 Å². The van der Waals surface area contributed by atoms with Gasteiger partial charge in [0.25, 0.3) is 5.91 Å². The fraction of sp³-hybridized carbons (Fsp3) is 0.423. The van der Waals surface area contributed by atoms with E-state index in [0.717, 1.165) is 48.9 Å². The van der Waals surface area contributed by atoms with Gasteiger partial charge < -0.3 is 15.4 Å². The topological polar surface area (TPSA) is 80.3 Å². The highest BCUT2D eigenvalue weighted by molar-refractivity contribution is 6.40. The molecule has 1 fully saturated rings. The zero-order chi connectivity index (χ0) is 24.3. The molecule has 1 atom stereocenters. The normalized spacial score (nSPS) is 17.9. The molecule has 1 spiro atoms. The van der Waals surface area contributed by atoms with Crippen molar-refractivity contribution in [2.45, 2.75) is 52.0 Å². The van der Waals surface area contributed by atoms with E-state index in [4.69, 9.17) is 27.9 Å². The summed E-state index contributed by atoms with van der Waals surface area (Å²) in [6, 6.07) is 7.85. The molecule has 0 bridgehead atoms. The SMILES string of the molecule is CCCC1=C(N[C@@H](C)Cc2ccc(NC(=O)c3c(Cl)cncc3Cl)cc2)C2(CCOCC2)C1=O. The minimum Gasteiger partial charge on any atom is -0.384 e. The van der Waals surface area contributed by atoms with Crippen LogP contribution in [0.4, 0.5) is 5.69 Å². The number of allylic oxidation sites excluding steroid dienone is 2. The maximum absolute atomic E-state index is 12.9. The van der Waals surface area contributed by atoms with Crippen LogP contribution in [0.15, 0.2) is 47.9 Å². The molecule has 1 aliphatic heterocycles. The number of carbonyl (C=O) groups excluding carboxylic acids is 2. The molecule has 2 heterocycles. The van der Waals surface area contributed by atoms with Crippen molar-refractivity contribution in [3.8, 4) is 0 Å². The van der Waals surface area contributed by atoms with Crippen LogP contribution in [0.2, 0.25) is 10.0 Å². The van der Waals surface area contributed by atoms with Crippen molar-refractivity contribution in [3.05, 3.63) is 69.1 Å². The number of hydrogen-bond donors (Lipinski definition) is 2. The molecule has 2 aromatic rings. The number of ketones is 1. The maximum Gasteiger partial charge on any atom is 0.258 e. The second kappa shape index (κ2) is 10.5. The Kier molecular flexibility index (Phi) is 7.60. The third kappa shape index (κ3) is 4.85. The molecule has 8 heteroatoms. The molecule has 2 aliphatic rings. The van der Waals surface area contributed by atoms with E-state index in [-0.39, 0.29) is 33.0 Å². The Labute approximate surface area is 210 Å². The van der Waals surface area contributed by atoms with Crippen LogP contribution in [0.3, 0.4) is 0 Å². The van der Waals surface area contributed by atoms with E-state index in [1.165, 1.54) is 12.4 Å². The average molecular weight is 502 g/mol. The molecular formula is C26H29Cl2N3O3. The summed E-state index contributed by atoms with van der Waals surface area (Å²) in [5.41, 5.74) is 3.70. The van der Waals surface area contributed by atoms with Gasteiger partial charge in [-0.3, -0.25) is 14.6 Å². The van der Waals surface area contributed by atoms with Gasteiger partial charge >= 0.3 is 0 Å². The van der Waals surface area contributed by atoms with Gasteiger partial charge in [-0.2, -0.15) is 0 Å². The fourth-order valence-corrected chi connectivity index (χ4v) is 5.39. The van der Waals surface area contributed by atoms with Gasteiger partial charge in [0.15, 0.2) is 5.78 Å². The van der Waals surface area contributed by atoms with Gasteiger partial charge in [0, 0.05) is 48.6 Å². The standard InChI is InChI=1S/C26H29Cl2N3O3/c1-3-4-19-23(26(24(19)32)9-11-34-12-10-26)30-16(2)13-17-5-7-18(8-6-17)31-25(33)22-20(27)14-29-15-21(22)28/h5-8,14-16,30H,3-4,9-13H2,1-2H3,(H,31,33)/t16-/m0/s1. The second-order valence-electron chi connectivity index (χ2n) is 9.01. The highest BCUT2D eigenvalue weighted by Gasteiger charge is 2.53. The fourth-order valence-electron chi connectivity index (χ4n) is 4.85. The summed E-state index contributed by atoms with van der Waals surface area (Å²) in [5.74, 6) is -0.0752. The second-order valence-corrected chi connectivity index (χ2v) is 9.82. The van der Waals surface area contributed by atoms with Crippen molar-refractivity contribution < 1.29 is 14.3 Å².